The Hall–Kier alpha value is -0.650. The molecule has 0 rings (SSSR count). The van der Waals surface area contributed by atoms with Crippen molar-refractivity contribution in [2.24, 2.45) is 11.8 Å². The summed E-state index contributed by atoms with van der Waals surface area (Å²) in [5.41, 5.74) is 2.20. The van der Waals surface area contributed by atoms with Gasteiger partial charge in [-0.05, 0) is 12.8 Å². The van der Waals surface area contributed by atoms with Crippen molar-refractivity contribution in [2.75, 3.05) is 26.8 Å². The highest BCUT2D eigenvalue weighted by Gasteiger charge is 2.20. The van der Waals surface area contributed by atoms with Gasteiger partial charge in [-0.3, -0.25) is 15.1 Å². The van der Waals surface area contributed by atoms with E-state index in [1.807, 2.05) is 6.92 Å². The van der Waals surface area contributed by atoms with Crippen LogP contribution in [-0.2, 0) is 9.53 Å². The Morgan fingerprint density at radius 2 is 2.00 bits per heavy atom. The highest BCUT2D eigenvalue weighted by Crippen LogP contribution is 2.11. The van der Waals surface area contributed by atoms with Crippen LogP contribution in [-0.4, -0.2) is 43.7 Å². The molecule has 17 heavy (non-hydrogen) atoms. The maximum absolute atomic E-state index is 11.4. The maximum atomic E-state index is 11.4. The van der Waals surface area contributed by atoms with Crippen LogP contribution < -0.4 is 11.3 Å². The molecule has 5 nitrogen and oxygen atoms in total. The van der Waals surface area contributed by atoms with Crippen LogP contribution in [0.4, 0.5) is 0 Å². The molecular formula is C12H27N3O2. The minimum atomic E-state index is -0.113. The molecule has 0 aliphatic rings. The molecule has 3 N–H and O–H groups in total. The van der Waals surface area contributed by atoms with Crippen LogP contribution in [0.2, 0.25) is 0 Å². The van der Waals surface area contributed by atoms with E-state index in [2.05, 4.69) is 24.2 Å². The van der Waals surface area contributed by atoms with E-state index < -0.39 is 0 Å². The highest BCUT2D eigenvalue weighted by molar-refractivity contribution is 5.77. The van der Waals surface area contributed by atoms with E-state index in [0.29, 0.717) is 12.6 Å². The first-order valence-electron chi connectivity index (χ1n) is 6.34. The summed E-state index contributed by atoms with van der Waals surface area (Å²) in [6.45, 7) is 8.49. The van der Waals surface area contributed by atoms with Crippen molar-refractivity contribution in [1.82, 2.24) is 10.3 Å². The fraction of sp³-hybridized carbons (Fsp3) is 0.917. The number of carbonyl (C=O) groups excluding carboxylic acids is 1. The van der Waals surface area contributed by atoms with E-state index >= 15 is 0 Å². The number of hydrazine groups is 1. The lowest BCUT2D eigenvalue weighted by molar-refractivity contribution is -0.125. The number of amides is 1. The summed E-state index contributed by atoms with van der Waals surface area (Å²) in [7, 11) is 1.70. The Bertz CT molecular complexity index is 208. The molecule has 0 spiro atoms. The summed E-state index contributed by atoms with van der Waals surface area (Å²) in [6, 6.07) is 0.498. The highest BCUT2D eigenvalue weighted by atomic mass is 16.5. The average Bonchev–Trinajstić information content (AvgIpc) is 2.35. The van der Waals surface area contributed by atoms with E-state index in [1.165, 1.54) is 0 Å². The van der Waals surface area contributed by atoms with E-state index in [-0.39, 0.29) is 11.8 Å². The molecule has 0 aliphatic carbocycles. The Morgan fingerprint density at radius 1 is 1.41 bits per heavy atom. The van der Waals surface area contributed by atoms with Gasteiger partial charge in [0.15, 0.2) is 0 Å². The van der Waals surface area contributed by atoms with Gasteiger partial charge in [-0.25, -0.2) is 5.84 Å². The number of ether oxygens (including phenoxy) is 1. The molecule has 1 unspecified atom stereocenters. The predicted molar refractivity (Wildman–Crippen MR) is 69.3 cm³/mol. The lowest BCUT2D eigenvalue weighted by atomic mass is 10.1. The summed E-state index contributed by atoms with van der Waals surface area (Å²) in [5.74, 6) is 4.93. The Kier molecular flexibility index (Phi) is 9.03. The van der Waals surface area contributed by atoms with Crippen LogP contribution in [0.25, 0.3) is 0 Å². The van der Waals surface area contributed by atoms with Gasteiger partial charge in [-0.2, -0.15) is 0 Å². The van der Waals surface area contributed by atoms with E-state index in [0.717, 1.165) is 25.9 Å². The first kappa shape index (κ1) is 16.4. The molecule has 0 bridgehead atoms. The number of nitrogens with zero attached hydrogens (tertiary/aromatic N) is 1. The zero-order valence-corrected chi connectivity index (χ0v) is 11.5. The minimum Gasteiger partial charge on any atom is -0.383 e. The number of nitrogens with two attached hydrogens (primary N) is 1. The van der Waals surface area contributed by atoms with Gasteiger partial charge < -0.3 is 4.74 Å². The zero-order chi connectivity index (χ0) is 13.3. The lowest BCUT2D eigenvalue weighted by Crippen LogP contribution is -2.45. The SMILES string of the molecule is CCC(CC)N(CCOC)CC(C)C(=O)NN. The molecule has 0 aromatic rings. The Labute approximate surface area is 105 Å². The molecule has 5 heteroatoms. The maximum Gasteiger partial charge on any atom is 0.237 e. The summed E-state index contributed by atoms with van der Waals surface area (Å²) in [5, 5.41) is 0. The molecule has 0 radical (unpaired) electrons. The molecular weight excluding hydrogens is 218 g/mol. The van der Waals surface area contributed by atoms with Gasteiger partial charge in [-0.1, -0.05) is 20.8 Å². The molecule has 0 aliphatic heterocycles. The number of rotatable bonds is 9. The van der Waals surface area contributed by atoms with Crippen molar-refractivity contribution in [3.05, 3.63) is 0 Å². The summed E-state index contributed by atoms with van der Waals surface area (Å²) < 4.78 is 5.11. The number of nitrogens with one attached hydrogen (secondary N) is 1. The monoisotopic (exact) mass is 245 g/mol. The minimum absolute atomic E-state index is 0.0996. The fourth-order valence-electron chi connectivity index (χ4n) is 2.01. The van der Waals surface area contributed by atoms with Crippen molar-refractivity contribution in [1.29, 1.82) is 0 Å². The molecule has 1 amide bonds. The van der Waals surface area contributed by atoms with Crippen molar-refractivity contribution >= 4 is 5.91 Å². The lowest BCUT2D eigenvalue weighted by Gasteiger charge is -2.31. The van der Waals surface area contributed by atoms with Gasteiger partial charge in [0.25, 0.3) is 0 Å². The summed E-state index contributed by atoms with van der Waals surface area (Å²) in [4.78, 5) is 13.7. The third-order valence-corrected chi connectivity index (χ3v) is 3.14. The average molecular weight is 245 g/mol. The molecule has 0 saturated carbocycles. The smallest absolute Gasteiger partial charge is 0.237 e. The van der Waals surface area contributed by atoms with Crippen molar-refractivity contribution in [3.63, 3.8) is 0 Å². The van der Waals surface area contributed by atoms with Crippen molar-refractivity contribution < 1.29 is 9.53 Å². The third-order valence-electron chi connectivity index (χ3n) is 3.14. The van der Waals surface area contributed by atoms with Crippen LogP contribution in [0.5, 0.6) is 0 Å². The molecule has 0 aromatic heterocycles. The van der Waals surface area contributed by atoms with E-state index in [4.69, 9.17) is 10.6 Å². The Morgan fingerprint density at radius 3 is 2.41 bits per heavy atom. The molecule has 0 heterocycles. The molecule has 102 valence electrons. The molecule has 0 fully saturated rings. The standard InChI is InChI=1S/C12H27N3O2/c1-5-11(6-2)15(7-8-17-4)9-10(3)12(16)14-13/h10-11H,5-9,13H2,1-4H3,(H,14,16). The fourth-order valence-corrected chi connectivity index (χ4v) is 2.01. The van der Waals surface area contributed by atoms with Gasteiger partial charge >= 0.3 is 0 Å². The van der Waals surface area contributed by atoms with Crippen molar-refractivity contribution in [3.8, 4) is 0 Å². The second-order valence-corrected chi connectivity index (χ2v) is 4.37. The van der Waals surface area contributed by atoms with Gasteiger partial charge in [0.2, 0.25) is 5.91 Å². The van der Waals surface area contributed by atoms with Crippen LogP contribution in [0.15, 0.2) is 0 Å². The normalized spacial score (nSPS) is 13.1. The first-order chi connectivity index (χ1) is 8.10. The summed E-state index contributed by atoms with van der Waals surface area (Å²) >= 11 is 0. The van der Waals surface area contributed by atoms with Crippen LogP contribution in [0, 0.1) is 5.92 Å². The first-order valence-corrected chi connectivity index (χ1v) is 6.34. The van der Waals surface area contributed by atoms with Gasteiger partial charge in [0, 0.05) is 32.2 Å². The molecule has 1 atom stereocenters. The van der Waals surface area contributed by atoms with Crippen LogP contribution in [0.3, 0.4) is 0 Å². The van der Waals surface area contributed by atoms with Crippen molar-refractivity contribution in [2.45, 2.75) is 39.7 Å². The van der Waals surface area contributed by atoms with E-state index in [1.54, 1.807) is 7.11 Å². The van der Waals surface area contributed by atoms with Crippen LogP contribution in [0.1, 0.15) is 33.6 Å². The van der Waals surface area contributed by atoms with Gasteiger partial charge in [-0.15, -0.1) is 0 Å². The van der Waals surface area contributed by atoms with Crippen LogP contribution >= 0.6 is 0 Å². The number of methoxy groups -OCH3 is 1. The third kappa shape index (κ3) is 6.00. The summed E-state index contributed by atoms with van der Waals surface area (Å²) in [6.07, 6.45) is 2.16. The predicted octanol–water partition coefficient (Wildman–Crippen LogP) is 0.749. The number of hydrogen-bond acceptors (Lipinski definition) is 4. The second kappa shape index (κ2) is 9.39. The largest absolute Gasteiger partial charge is 0.383 e. The number of carbonyl (C=O) groups is 1. The molecule has 0 saturated heterocycles. The Balaban J connectivity index is 4.40. The molecule has 0 aromatic carbocycles. The van der Waals surface area contributed by atoms with Gasteiger partial charge in [0.1, 0.15) is 0 Å². The topological polar surface area (TPSA) is 67.6 Å². The quantitative estimate of drug-likeness (QED) is 0.357. The number of hydrogen-bond donors (Lipinski definition) is 2. The second-order valence-electron chi connectivity index (χ2n) is 4.37. The zero-order valence-electron chi connectivity index (χ0n) is 11.5. The van der Waals surface area contributed by atoms with Gasteiger partial charge in [0.05, 0.1) is 6.61 Å². The van der Waals surface area contributed by atoms with E-state index in [9.17, 15) is 4.79 Å².